The van der Waals surface area contributed by atoms with Crippen LogP contribution >= 0.6 is 15.9 Å². The van der Waals surface area contributed by atoms with E-state index in [2.05, 4.69) is 33.9 Å². The third-order valence-corrected chi connectivity index (χ3v) is 4.53. The van der Waals surface area contributed by atoms with Gasteiger partial charge in [-0.25, -0.2) is 0 Å². The van der Waals surface area contributed by atoms with E-state index in [0.717, 1.165) is 33.5 Å². The number of rotatable bonds is 5. The predicted molar refractivity (Wildman–Crippen MR) is 94.6 cm³/mol. The van der Waals surface area contributed by atoms with Gasteiger partial charge in [0.25, 0.3) is 0 Å². The Morgan fingerprint density at radius 3 is 2.96 bits per heavy atom. The zero-order valence-electron chi connectivity index (χ0n) is 13.4. The highest BCUT2D eigenvalue weighted by Gasteiger charge is 2.20. The summed E-state index contributed by atoms with van der Waals surface area (Å²) in [5, 5.41) is 0. The number of hydrogen-bond donors (Lipinski definition) is 1. The van der Waals surface area contributed by atoms with Crippen LogP contribution in [0.3, 0.4) is 0 Å². The largest absolute Gasteiger partial charge is 0.492 e. The van der Waals surface area contributed by atoms with Crippen molar-refractivity contribution in [1.29, 1.82) is 0 Å². The van der Waals surface area contributed by atoms with E-state index in [1.54, 1.807) is 0 Å². The SMILES string of the molecule is CC(N)CC(C)COc1cc2c(cc1Br)-c1ccncc1CO2. The lowest BCUT2D eigenvalue weighted by atomic mass is 9.99. The molecule has 5 heteroatoms. The maximum Gasteiger partial charge on any atom is 0.137 e. The van der Waals surface area contributed by atoms with Gasteiger partial charge in [-0.1, -0.05) is 6.92 Å². The molecule has 0 aliphatic carbocycles. The Labute approximate surface area is 145 Å². The third-order valence-electron chi connectivity index (χ3n) is 3.91. The fourth-order valence-electron chi connectivity index (χ4n) is 2.87. The lowest BCUT2D eigenvalue weighted by Crippen LogP contribution is -2.21. The first-order valence-corrected chi connectivity index (χ1v) is 8.62. The van der Waals surface area contributed by atoms with Crippen molar-refractivity contribution in [2.24, 2.45) is 11.7 Å². The van der Waals surface area contributed by atoms with E-state index < -0.39 is 0 Å². The van der Waals surface area contributed by atoms with Crippen molar-refractivity contribution >= 4 is 15.9 Å². The Morgan fingerprint density at radius 2 is 2.17 bits per heavy atom. The van der Waals surface area contributed by atoms with Crippen molar-refractivity contribution in [3.63, 3.8) is 0 Å². The van der Waals surface area contributed by atoms with Gasteiger partial charge in [0.2, 0.25) is 0 Å². The highest BCUT2D eigenvalue weighted by atomic mass is 79.9. The Morgan fingerprint density at radius 1 is 1.35 bits per heavy atom. The number of benzene rings is 1. The second-order valence-corrected chi connectivity index (χ2v) is 7.08. The fourth-order valence-corrected chi connectivity index (χ4v) is 3.33. The average molecular weight is 377 g/mol. The molecule has 0 radical (unpaired) electrons. The van der Waals surface area contributed by atoms with Gasteiger partial charge in [-0.3, -0.25) is 4.98 Å². The first kappa shape index (κ1) is 16.3. The van der Waals surface area contributed by atoms with Gasteiger partial charge in [0.05, 0.1) is 11.1 Å². The van der Waals surface area contributed by atoms with Gasteiger partial charge in [-0.05, 0) is 52.9 Å². The second kappa shape index (κ2) is 6.89. The van der Waals surface area contributed by atoms with Crippen LogP contribution in [0.4, 0.5) is 0 Å². The fraction of sp³-hybridized carbons (Fsp3) is 0.389. The lowest BCUT2D eigenvalue weighted by Gasteiger charge is -2.22. The second-order valence-electron chi connectivity index (χ2n) is 6.23. The molecule has 3 rings (SSSR count). The minimum absolute atomic E-state index is 0.189. The van der Waals surface area contributed by atoms with Gasteiger partial charge in [0.15, 0.2) is 0 Å². The molecule has 122 valence electrons. The molecule has 1 aliphatic rings. The first-order valence-electron chi connectivity index (χ1n) is 7.82. The normalized spacial score (nSPS) is 15.1. The molecule has 2 atom stereocenters. The summed E-state index contributed by atoms with van der Waals surface area (Å²) >= 11 is 3.61. The number of ether oxygens (including phenoxy) is 2. The number of fused-ring (bicyclic) bond motifs is 3. The van der Waals surface area contributed by atoms with Gasteiger partial charge in [0.1, 0.15) is 18.1 Å². The molecule has 2 aromatic rings. The number of halogens is 1. The Kier molecular flexibility index (Phi) is 4.87. The van der Waals surface area contributed by atoms with Crippen molar-refractivity contribution in [3.8, 4) is 22.6 Å². The van der Waals surface area contributed by atoms with E-state index in [0.29, 0.717) is 19.1 Å². The van der Waals surface area contributed by atoms with Crippen LogP contribution in [0.25, 0.3) is 11.1 Å². The number of nitrogens with two attached hydrogens (primary N) is 1. The van der Waals surface area contributed by atoms with Crippen molar-refractivity contribution in [1.82, 2.24) is 4.98 Å². The molecule has 0 amide bonds. The van der Waals surface area contributed by atoms with Gasteiger partial charge in [-0.15, -0.1) is 0 Å². The van der Waals surface area contributed by atoms with Gasteiger partial charge in [0, 0.05) is 35.6 Å². The van der Waals surface area contributed by atoms with Crippen LogP contribution in [0, 0.1) is 5.92 Å². The Hall–Kier alpha value is -1.59. The summed E-state index contributed by atoms with van der Waals surface area (Å²) in [7, 11) is 0. The van der Waals surface area contributed by atoms with Crippen LogP contribution < -0.4 is 15.2 Å². The summed E-state index contributed by atoms with van der Waals surface area (Å²) in [5.41, 5.74) is 9.17. The molecule has 0 saturated heterocycles. The van der Waals surface area contributed by atoms with Crippen LogP contribution in [-0.4, -0.2) is 17.6 Å². The smallest absolute Gasteiger partial charge is 0.137 e. The molecule has 1 aromatic heterocycles. The number of hydrogen-bond acceptors (Lipinski definition) is 4. The quantitative estimate of drug-likeness (QED) is 0.850. The van der Waals surface area contributed by atoms with Crippen LogP contribution in [0.15, 0.2) is 35.1 Å². The molecular weight excluding hydrogens is 356 g/mol. The molecule has 2 unspecified atom stereocenters. The summed E-state index contributed by atoms with van der Waals surface area (Å²) in [6, 6.07) is 6.23. The molecule has 23 heavy (non-hydrogen) atoms. The van der Waals surface area contributed by atoms with Crippen molar-refractivity contribution in [3.05, 3.63) is 40.6 Å². The van der Waals surface area contributed by atoms with E-state index >= 15 is 0 Å². The maximum atomic E-state index is 5.96. The maximum absolute atomic E-state index is 5.96. The van der Waals surface area contributed by atoms with Crippen LogP contribution in [0.2, 0.25) is 0 Å². The van der Waals surface area contributed by atoms with E-state index in [1.165, 1.54) is 5.56 Å². The van der Waals surface area contributed by atoms with E-state index in [1.807, 2.05) is 31.5 Å². The monoisotopic (exact) mass is 376 g/mol. The van der Waals surface area contributed by atoms with Gasteiger partial charge >= 0.3 is 0 Å². The zero-order valence-corrected chi connectivity index (χ0v) is 15.0. The van der Waals surface area contributed by atoms with Crippen LogP contribution in [0.5, 0.6) is 11.5 Å². The predicted octanol–water partition coefficient (Wildman–Crippen LogP) is 4.16. The molecule has 2 N–H and O–H groups in total. The van der Waals surface area contributed by atoms with Gasteiger partial charge < -0.3 is 15.2 Å². The molecule has 1 aliphatic heterocycles. The standard InChI is InChI=1S/C18H21BrN2O2/c1-11(5-12(2)20)9-22-18-7-17-15(6-16(18)19)14-3-4-21-8-13(14)10-23-17/h3-4,6-8,11-12H,5,9-10,20H2,1-2H3. The average Bonchev–Trinajstić information content (AvgIpc) is 2.52. The summed E-state index contributed by atoms with van der Waals surface area (Å²) in [4.78, 5) is 4.16. The molecule has 0 bridgehead atoms. The van der Waals surface area contributed by atoms with Crippen LogP contribution in [0.1, 0.15) is 25.8 Å². The van der Waals surface area contributed by atoms with Gasteiger partial charge in [-0.2, -0.15) is 0 Å². The minimum Gasteiger partial charge on any atom is -0.492 e. The molecule has 4 nitrogen and oxygen atoms in total. The summed E-state index contributed by atoms with van der Waals surface area (Å²) < 4.78 is 12.7. The highest BCUT2D eigenvalue weighted by Crippen LogP contribution is 2.42. The molecule has 0 saturated carbocycles. The topological polar surface area (TPSA) is 57.4 Å². The Balaban J connectivity index is 1.81. The van der Waals surface area contributed by atoms with Crippen molar-refractivity contribution < 1.29 is 9.47 Å². The molecular formula is C18H21BrN2O2. The molecule has 0 fully saturated rings. The Bertz CT molecular complexity index is 703. The number of nitrogens with zero attached hydrogens (tertiary/aromatic N) is 1. The minimum atomic E-state index is 0.189. The highest BCUT2D eigenvalue weighted by molar-refractivity contribution is 9.10. The molecule has 1 aromatic carbocycles. The van der Waals surface area contributed by atoms with Crippen molar-refractivity contribution in [2.75, 3.05) is 6.61 Å². The summed E-state index contributed by atoms with van der Waals surface area (Å²) in [6.07, 6.45) is 4.60. The summed E-state index contributed by atoms with van der Waals surface area (Å²) in [5.74, 6) is 2.06. The summed E-state index contributed by atoms with van der Waals surface area (Å²) in [6.45, 7) is 5.35. The van der Waals surface area contributed by atoms with E-state index in [4.69, 9.17) is 15.2 Å². The number of aromatic nitrogens is 1. The van der Waals surface area contributed by atoms with E-state index in [9.17, 15) is 0 Å². The van der Waals surface area contributed by atoms with Crippen molar-refractivity contribution in [2.45, 2.75) is 32.9 Å². The molecule has 2 heterocycles. The zero-order chi connectivity index (χ0) is 16.4. The van der Waals surface area contributed by atoms with E-state index in [-0.39, 0.29) is 6.04 Å². The molecule has 0 spiro atoms. The first-order chi connectivity index (χ1) is 11.0. The lowest BCUT2D eigenvalue weighted by molar-refractivity contribution is 0.242. The van der Waals surface area contributed by atoms with Crippen LogP contribution in [-0.2, 0) is 6.61 Å². The number of pyridine rings is 1. The third kappa shape index (κ3) is 3.67.